The number of hydrogen-bond acceptors (Lipinski definition) is 3. The van der Waals surface area contributed by atoms with Crippen molar-refractivity contribution in [2.45, 2.75) is 69.5 Å². The lowest BCUT2D eigenvalue weighted by atomic mass is 9.72. The van der Waals surface area contributed by atoms with Gasteiger partial charge in [0.15, 0.2) is 0 Å². The van der Waals surface area contributed by atoms with Crippen LogP contribution < -0.4 is 0 Å². The van der Waals surface area contributed by atoms with E-state index in [1.54, 1.807) is 0 Å². The van der Waals surface area contributed by atoms with E-state index >= 15 is 0 Å². The fraction of sp³-hybridized carbons (Fsp3) is 1.00. The summed E-state index contributed by atoms with van der Waals surface area (Å²) < 4.78 is 6.11. The minimum absolute atomic E-state index is 0.100. The first kappa shape index (κ1) is 12.7. The topological polar surface area (TPSA) is 29.5 Å². The number of thioether (sulfide) groups is 1. The van der Waals surface area contributed by atoms with Gasteiger partial charge in [-0.3, -0.25) is 0 Å². The second-order valence-electron chi connectivity index (χ2n) is 6.48. The summed E-state index contributed by atoms with van der Waals surface area (Å²) in [6, 6.07) is 0. The largest absolute Gasteiger partial charge is 0.388 e. The van der Waals surface area contributed by atoms with Crippen molar-refractivity contribution in [2.24, 2.45) is 5.92 Å². The zero-order valence-corrected chi connectivity index (χ0v) is 11.9. The molecule has 2 aliphatic heterocycles. The molecule has 3 atom stereocenters. The molecule has 2 nitrogen and oxygen atoms in total. The quantitative estimate of drug-likeness (QED) is 0.769. The second kappa shape index (κ2) is 3.63. The zero-order valence-electron chi connectivity index (χ0n) is 11.0. The lowest BCUT2D eigenvalue weighted by molar-refractivity contribution is -0.111. The predicted molar refractivity (Wildman–Crippen MR) is 68.8 cm³/mol. The van der Waals surface area contributed by atoms with Gasteiger partial charge in [-0.05, 0) is 46.3 Å². The molecule has 1 N–H and O–H groups in total. The van der Waals surface area contributed by atoms with Gasteiger partial charge in [-0.1, -0.05) is 6.92 Å². The number of ether oxygens (including phenoxy) is 1. The van der Waals surface area contributed by atoms with Crippen LogP contribution >= 0.6 is 11.8 Å². The van der Waals surface area contributed by atoms with E-state index < -0.39 is 5.60 Å². The van der Waals surface area contributed by atoms with Gasteiger partial charge in [0.05, 0.1) is 16.8 Å². The molecule has 0 aromatic rings. The normalized spacial score (nSPS) is 46.1. The Hall–Kier alpha value is 0.270. The molecule has 0 saturated carbocycles. The summed E-state index contributed by atoms with van der Waals surface area (Å²) in [5, 5.41) is 11.3. The van der Waals surface area contributed by atoms with Crippen molar-refractivity contribution in [3.63, 3.8) is 0 Å². The van der Waals surface area contributed by atoms with Crippen molar-refractivity contribution in [2.75, 3.05) is 5.75 Å². The van der Waals surface area contributed by atoms with E-state index in [0.717, 1.165) is 18.6 Å². The highest BCUT2D eigenvalue weighted by Crippen LogP contribution is 2.53. The van der Waals surface area contributed by atoms with Gasteiger partial charge in [0.1, 0.15) is 0 Å². The van der Waals surface area contributed by atoms with E-state index in [9.17, 15) is 5.11 Å². The first-order chi connectivity index (χ1) is 7.17. The molecular formula is C13H24O2S. The van der Waals surface area contributed by atoms with E-state index in [1.807, 2.05) is 11.8 Å². The summed E-state index contributed by atoms with van der Waals surface area (Å²) in [4.78, 5) is 0. The molecule has 2 saturated heterocycles. The number of rotatable bonds is 1. The minimum Gasteiger partial charge on any atom is -0.388 e. The van der Waals surface area contributed by atoms with Crippen molar-refractivity contribution < 1.29 is 9.84 Å². The predicted octanol–water partition coefficient (Wildman–Crippen LogP) is 2.84. The molecule has 16 heavy (non-hydrogen) atoms. The number of aliphatic hydroxyl groups is 1. The minimum atomic E-state index is -0.540. The lowest BCUT2D eigenvalue weighted by Crippen LogP contribution is -2.50. The maximum Gasteiger partial charge on any atom is 0.0827 e. The van der Waals surface area contributed by atoms with E-state index in [4.69, 9.17) is 4.74 Å². The maximum atomic E-state index is 10.9. The van der Waals surface area contributed by atoms with Crippen LogP contribution in [0, 0.1) is 5.92 Å². The van der Waals surface area contributed by atoms with Crippen LogP contribution in [0.3, 0.4) is 0 Å². The molecule has 0 radical (unpaired) electrons. The van der Waals surface area contributed by atoms with Crippen LogP contribution in [0.4, 0.5) is 0 Å². The van der Waals surface area contributed by atoms with Crippen LogP contribution in [0.15, 0.2) is 0 Å². The summed E-state index contributed by atoms with van der Waals surface area (Å²) in [6.07, 6.45) is 1.87. The van der Waals surface area contributed by atoms with E-state index in [-0.39, 0.29) is 17.1 Å². The average molecular weight is 244 g/mol. The van der Waals surface area contributed by atoms with Crippen LogP contribution in [-0.2, 0) is 4.74 Å². The Morgan fingerprint density at radius 1 is 1.25 bits per heavy atom. The highest BCUT2D eigenvalue weighted by molar-refractivity contribution is 8.00. The average Bonchev–Trinajstić information content (AvgIpc) is 2.52. The van der Waals surface area contributed by atoms with Crippen LogP contribution in [-0.4, -0.2) is 32.9 Å². The zero-order chi connectivity index (χ0) is 12.2. The van der Waals surface area contributed by atoms with Gasteiger partial charge in [-0.15, -0.1) is 0 Å². The standard InChI is InChI=1S/C13H24O2S/c1-9-13(14,6-7-16-9)10-8-11(2,3)15-12(10,4)5/h9-10,14H,6-8H2,1-5H3. The van der Waals surface area contributed by atoms with Crippen LogP contribution in [0.1, 0.15) is 47.5 Å². The van der Waals surface area contributed by atoms with Crippen molar-refractivity contribution in [1.29, 1.82) is 0 Å². The van der Waals surface area contributed by atoms with Crippen LogP contribution in [0.2, 0.25) is 0 Å². The monoisotopic (exact) mass is 244 g/mol. The van der Waals surface area contributed by atoms with Gasteiger partial charge in [0.2, 0.25) is 0 Å². The molecule has 0 aromatic carbocycles. The van der Waals surface area contributed by atoms with Gasteiger partial charge in [-0.25, -0.2) is 0 Å². The van der Waals surface area contributed by atoms with Gasteiger partial charge in [0, 0.05) is 11.2 Å². The number of hydrogen-bond donors (Lipinski definition) is 1. The van der Waals surface area contributed by atoms with Crippen molar-refractivity contribution in [1.82, 2.24) is 0 Å². The smallest absolute Gasteiger partial charge is 0.0827 e. The molecule has 0 amide bonds. The molecule has 3 unspecified atom stereocenters. The fourth-order valence-corrected chi connectivity index (χ4v) is 4.91. The first-order valence-corrected chi connectivity index (χ1v) is 7.26. The summed E-state index contributed by atoms with van der Waals surface area (Å²) >= 11 is 1.89. The van der Waals surface area contributed by atoms with Gasteiger partial charge in [-0.2, -0.15) is 11.8 Å². The van der Waals surface area contributed by atoms with E-state index in [1.165, 1.54) is 0 Å². The second-order valence-corrected chi connectivity index (χ2v) is 7.92. The molecule has 2 rings (SSSR count). The van der Waals surface area contributed by atoms with E-state index in [2.05, 4.69) is 34.6 Å². The Morgan fingerprint density at radius 3 is 2.25 bits per heavy atom. The summed E-state index contributed by atoms with van der Waals surface area (Å²) in [5.41, 5.74) is -0.851. The maximum absolute atomic E-state index is 10.9. The first-order valence-electron chi connectivity index (χ1n) is 6.21. The highest BCUT2D eigenvalue weighted by atomic mass is 32.2. The molecule has 3 heteroatoms. The van der Waals surface area contributed by atoms with Gasteiger partial charge >= 0.3 is 0 Å². The molecular weight excluding hydrogens is 220 g/mol. The lowest BCUT2D eigenvalue weighted by Gasteiger charge is -2.39. The van der Waals surface area contributed by atoms with Crippen LogP contribution in [0.25, 0.3) is 0 Å². The Kier molecular flexibility index (Phi) is 2.89. The highest BCUT2D eigenvalue weighted by Gasteiger charge is 2.58. The van der Waals surface area contributed by atoms with Crippen LogP contribution in [0.5, 0.6) is 0 Å². The molecule has 2 fully saturated rings. The third kappa shape index (κ3) is 1.91. The molecule has 0 bridgehead atoms. The third-order valence-corrected chi connectivity index (χ3v) is 5.60. The molecule has 2 aliphatic rings. The summed E-state index contributed by atoms with van der Waals surface area (Å²) in [7, 11) is 0. The van der Waals surface area contributed by atoms with Crippen molar-refractivity contribution in [3.05, 3.63) is 0 Å². The summed E-state index contributed by atoms with van der Waals surface area (Å²) in [5.74, 6) is 1.32. The Balaban J connectivity index is 2.27. The van der Waals surface area contributed by atoms with Crippen molar-refractivity contribution >= 4 is 11.8 Å². The van der Waals surface area contributed by atoms with Crippen molar-refractivity contribution in [3.8, 4) is 0 Å². The Bertz CT molecular complexity index is 288. The van der Waals surface area contributed by atoms with Gasteiger partial charge < -0.3 is 9.84 Å². The molecule has 0 aliphatic carbocycles. The fourth-order valence-electron chi connectivity index (χ4n) is 3.55. The molecule has 94 valence electrons. The van der Waals surface area contributed by atoms with E-state index in [0.29, 0.717) is 5.25 Å². The molecule has 2 heterocycles. The SMILES string of the molecule is CC1SCCC1(O)C1CC(C)(C)OC1(C)C. The summed E-state index contributed by atoms with van der Waals surface area (Å²) in [6.45, 7) is 10.7. The Labute approximate surface area is 103 Å². The van der Waals surface area contributed by atoms with Gasteiger partial charge in [0.25, 0.3) is 0 Å². The molecule has 0 aromatic heterocycles. The third-order valence-electron chi connectivity index (χ3n) is 4.25. The Morgan fingerprint density at radius 2 is 1.88 bits per heavy atom. The molecule has 0 spiro atoms.